The van der Waals surface area contributed by atoms with Gasteiger partial charge in [-0.2, -0.15) is 0 Å². The first-order valence-electron chi connectivity index (χ1n) is 10.9. The number of sulfonamides is 1. The van der Waals surface area contributed by atoms with Crippen LogP contribution in [0.25, 0.3) is 6.08 Å². The van der Waals surface area contributed by atoms with Crippen LogP contribution in [0, 0.1) is 5.41 Å². The third kappa shape index (κ3) is 5.56. The van der Waals surface area contributed by atoms with E-state index in [1.54, 1.807) is 29.3 Å². The number of H-pyrrole nitrogens is 1. The Kier molecular flexibility index (Phi) is 6.76. The van der Waals surface area contributed by atoms with Crippen LogP contribution >= 0.6 is 11.6 Å². The van der Waals surface area contributed by atoms with E-state index in [1.165, 1.54) is 12.1 Å². The van der Waals surface area contributed by atoms with E-state index in [1.807, 2.05) is 4.90 Å². The molecule has 1 atom stereocenters. The molecule has 4 rings (SSSR count). The van der Waals surface area contributed by atoms with Gasteiger partial charge in [0.25, 0.3) is 5.91 Å². The Hall–Kier alpha value is -2.85. The lowest BCUT2D eigenvalue weighted by Gasteiger charge is -2.35. The standard InChI is InChI=1S/C22H27ClN6O3S/c1-33(31,32)27-17-7-6-15(23)13-16(17)22(30)29-12-3-2-5-19(29)18-14-25-21(26-18)9-8-20(24)28-10-4-11-28/h6-9,13-14,19,24,27H,2-5,10-12H2,1H3,(H,25,26)/b9-8-,24-20?. The first kappa shape index (κ1) is 23.3. The number of rotatable bonds is 6. The molecule has 2 aromatic rings. The Balaban J connectivity index is 1.56. The second-order valence-electron chi connectivity index (χ2n) is 8.36. The highest BCUT2D eigenvalue weighted by Crippen LogP contribution is 2.33. The number of nitrogens with one attached hydrogen (secondary N) is 3. The van der Waals surface area contributed by atoms with Crippen molar-refractivity contribution in [1.29, 1.82) is 5.41 Å². The lowest BCUT2D eigenvalue weighted by Crippen LogP contribution is -2.40. The van der Waals surface area contributed by atoms with E-state index in [2.05, 4.69) is 14.7 Å². The van der Waals surface area contributed by atoms with Gasteiger partial charge < -0.3 is 14.8 Å². The SMILES string of the molecule is CS(=O)(=O)Nc1ccc(Cl)cc1C(=O)N1CCCCC1c1cnc(/C=C\C(=N)N2CCC2)[nH]1. The van der Waals surface area contributed by atoms with E-state index in [0.717, 1.165) is 50.7 Å². The van der Waals surface area contributed by atoms with Gasteiger partial charge in [-0.15, -0.1) is 0 Å². The molecule has 1 aromatic carbocycles. The molecule has 0 aliphatic carbocycles. The van der Waals surface area contributed by atoms with Crippen molar-refractivity contribution in [3.63, 3.8) is 0 Å². The number of anilines is 1. The predicted molar refractivity (Wildman–Crippen MR) is 129 cm³/mol. The van der Waals surface area contributed by atoms with Crippen molar-refractivity contribution in [2.24, 2.45) is 0 Å². The summed E-state index contributed by atoms with van der Waals surface area (Å²) in [7, 11) is -3.56. The number of hydrogen-bond donors (Lipinski definition) is 3. The quantitative estimate of drug-likeness (QED) is 0.422. The fourth-order valence-electron chi connectivity index (χ4n) is 4.06. The first-order chi connectivity index (χ1) is 15.7. The van der Waals surface area contributed by atoms with Crippen molar-refractivity contribution in [2.45, 2.75) is 31.7 Å². The average molecular weight is 491 g/mol. The summed E-state index contributed by atoms with van der Waals surface area (Å²) >= 11 is 6.13. The molecule has 1 amide bonds. The number of carbonyl (C=O) groups excluding carboxylic acids is 1. The molecule has 3 N–H and O–H groups in total. The van der Waals surface area contributed by atoms with Crippen molar-refractivity contribution >= 4 is 45.1 Å². The summed E-state index contributed by atoms with van der Waals surface area (Å²) in [6, 6.07) is 4.32. The number of benzene rings is 1. The summed E-state index contributed by atoms with van der Waals surface area (Å²) in [6.45, 7) is 2.36. The van der Waals surface area contributed by atoms with Crippen LogP contribution in [0.15, 0.2) is 30.5 Å². The molecule has 0 radical (unpaired) electrons. The van der Waals surface area contributed by atoms with Gasteiger partial charge in [0.2, 0.25) is 10.0 Å². The summed E-state index contributed by atoms with van der Waals surface area (Å²) in [4.78, 5) is 24.9. The molecule has 2 saturated heterocycles. The van der Waals surface area contributed by atoms with Gasteiger partial charge >= 0.3 is 0 Å². The fourth-order valence-corrected chi connectivity index (χ4v) is 4.81. The summed E-state index contributed by atoms with van der Waals surface area (Å²) < 4.78 is 26.0. The van der Waals surface area contributed by atoms with Gasteiger partial charge in [0.1, 0.15) is 11.7 Å². The summed E-state index contributed by atoms with van der Waals surface area (Å²) in [5, 5.41) is 8.42. The number of aromatic nitrogens is 2. The molecule has 0 saturated carbocycles. The maximum atomic E-state index is 13.5. The minimum absolute atomic E-state index is 0.203. The number of halogens is 1. The fraction of sp³-hybridized carbons (Fsp3) is 0.409. The van der Waals surface area contributed by atoms with Gasteiger partial charge in [0, 0.05) is 24.7 Å². The van der Waals surface area contributed by atoms with Crippen molar-refractivity contribution in [3.8, 4) is 0 Å². The van der Waals surface area contributed by atoms with Crippen molar-refractivity contribution in [3.05, 3.63) is 52.6 Å². The van der Waals surface area contributed by atoms with Gasteiger partial charge in [-0.05, 0) is 56.0 Å². The van der Waals surface area contributed by atoms with Gasteiger partial charge in [-0.3, -0.25) is 14.9 Å². The molecule has 0 spiro atoms. The predicted octanol–water partition coefficient (Wildman–Crippen LogP) is 3.50. The molecule has 0 bridgehead atoms. The van der Waals surface area contributed by atoms with Crippen molar-refractivity contribution < 1.29 is 13.2 Å². The molecule has 9 nitrogen and oxygen atoms in total. The number of hydrogen-bond acceptors (Lipinski definition) is 5. The molecule has 3 heterocycles. The highest BCUT2D eigenvalue weighted by atomic mass is 35.5. The molecule has 2 aliphatic heterocycles. The maximum absolute atomic E-state index is 13.5. The van der Waals surface area contributed by atoms with Gasteiger partial charge in [0.15, 0.2) is 0 Å². The van der Waals surface area contributed by atoms with Crippen LogP contribution in [0.1, 0.15) is 53.6 Å². The molecular formula is C22H27ClN6O3S. The van der Waals surface area contributed by atoms with E-state index < -0.39 is 10.0 Å². The smallest absolute Gasteiger partial charge is 0.256 e. The number of carbonyl (C=O) groups is 1. The van der Waals surface area contributed by atoms with Gasteiger partial charge in [0.05, 0.1) is 35.4 Å². The summed E-state index contributed by atoms with van der Waals surface area (Å²) in [5.74, 6) is 0.788. The number of aromatic amines is 1. The van der Waals surface area contributed by atoms with E-state index in [4.69, 9.17) is 17.0 Å². The number of imidazole rings is 1. The van der Waals surface area contributed by atoms with Crippen LogP contribution in [-0.4, -0.2) is 65.8 Å². The van der Waals surface area contributed by atoms with E-state index in [-0.39, 0.29) is 23.2 Å². The van der Waals surface area contributed by atoms with Gasteiger partial charge in [-0.25, -0.2) is 13.4 Å². The number of piperidine rings is 1. The van der Waals surface area contributed by atoms with Crippen molar-refractivity contribution in [1.82, 2.24) is 19.8 Å². The number of amidine groups is 1. The molecular weight excluding hydrogens is 464 g/mol. The Bertz CT molecular complexity index is 1190. The van der Waals surface area contributed by atoms with Crippen LogP contribution in [0.3, 0.4) is 0 Å². The third-order valence-electron chi connectivity index (χ3n) is 5.84. The van der Waals surface area contributed by atoms with Crippen LogP contribution in [0.5, 0.6) is 0 Å². The lowest BCUT2D eigenvalue weighted by atomic mass is 9.98. The highest BCUT2D eigenvalue weighted by molar-refractivity contribution is 7.92. The zero-order valence-corrected chi connectivity index (χ0v) is 19.9. The van der Waals surface area contributed by atoms with Crippen LogP contribution in [-0.2, 0) is 10.0 Å². The first-order valence-corrected chi connectivity index (χ1v) is 13.1. The topological polar surface area (TPSA) is 122 Å². The van der Waals surface area contributed by atoms with E-state index in [9.17, 15) is 13.2 Å². The third-order valence-corrected chi connectivity index (χ3v) is 6.67. The molecule has 2 fully saturated rings. The summed E-state index contributed by atoms with van der Waals surface area (Å²) in [6.07, 6.45) is 9.94. The average Bonchev–Trinajstić information content (AvgIpc) is 3.20. The Morgan fingerprint density at radius 1 is 1.27 bits per heavy atom. The monoisotopic (exact) mass is 490 g/mol. The number of nitrogens with zero attached hydrogens (tertiary/aromatic N) is 3. The Labute approximate surface area is 198 Å². The minimum atomic E-state index is -3.56. The van der Waals surface area contributed by atoms with E-state index in [0.29, 0.717) is 23.2 Å². The molecule has 11 heteroatoms. The molecule has 1 aromatic heterocycles. The normalized spacial score (nSPS) is 18.9. The van der Waals surface area contributed by atoms with Crippen LogP contribution in [0.4, 0.5) is 5.69 Å². The van der Waals surface area contributed by atoms with E-state index >= 15 is 0 Å². The molecule has 1 unspecified atom stereocenters. The molecule has 2 aliphatic rings. The Morgan fingerprint density at radius 2 is 2.06 bits per heavy atom. The zero-order chi connectivity index (χ0) is 23.6. The highest BCUT2D eigenvalue weighted by Gasteiger charge is 2.31. The molecule has 33 heavy (non-hydrogen) atoms. The lowest BCUT2D eigenvalue weighted by molar-refractivity contribution is 0.0607. The van der Waals surface area contributed by atoms with Crippen LogP contribution in [0.2, 0.25) is 5.02 Å². The zero-order valence-electron chi connectivity index (χ0n) is 18.3. The largest absolute Gasteiger partial charge is 0.357 e. The van der Waals surface area contributed by atoms with Crippen LogP contribution < -0.4 is 4.72 Å². The molecule has 176 valence electrons. The van der Waals surface area contributed by atoms with Gasteiger partial charge in [-0.1, -0.05) is 11.6 Å². The summed E-state index contributed by atoms with van der Waals surface area (Å²) in [5.41, 5.74) is 1.22. The second-order valence-corrected chi connectivity index (χ2v) is 10.5. The second kappa shape index (κ2) is 9.56. The Morgan fingerprint density at radius 3 is 2.76 bits per heavy atom. The number of amides is 1. The maximum Gasteiger partial charge on any atom is 0.256 e. The van der Waals surface area contributed by atoms with Crippen molar-refractivity contribution in [2.75, 3.05) is 30.6 Å². The number of likely N-dealkylation sites (tertiary alicyclic amines) is 2. The minimum Gasteiger partial charge on any atom is -0.357 e.